The lowest BCUT2D eigenvalue weighted by atomic mass is 10.0. The van der Waals surface area contributed by atoms with Crippen molar-refractivity contribution >= 4 is 16.9 Å². The average molecular weight is 425 g/mol. The number of aromatic nitrogens is 3. The van der Waals surface area contributed by atoms with Gasteiger partial charge in [0.15, 0.2) is 0 Å². The van der Waals surface area contributed by atoms with Gasteiger partial charge in [0, 0.05) is 29.5 Å². The number of benzene rings is 2. The molecule has 2 aromatic carbocycles. The van der Waals surface area contributed by atoms with Crippen molar-refractivity contribution in [1.82, 2.24) is 14.8 Å². The van der Waals surface area contributed by atoms with E-state index in [1.165, 1.54) is 12.3 Å². The molecule has 0 N–H and O–H groups in total. The van der Waals surface area contributed by atoms with Gasteiger partial charge >= 0.3 is 12.1 Å². The zero-order chi connectivity index (χ0) is 22.0. The van der Waals surface area contributed by atoms with Crippen LogP contribution in [-0.2, 0) is 17.5 Å². The maximum atomic E-state index is 13.0. The monoisotopic (exact) mass is 425 g/mol. The summed E-state index contributed by atoms with van der Waals surface area (Å²) in [7, 11) is 0. The number of halogens is 3. The van der Waals surface area contributed by atoms with E-state index in [4.69, 9.17) is 4.74 Å². The first-order chi connectivity index (χ1) is 14.8. The number of hydrogen-bond donors (Lipinski definition) is 0. The maximum Gasteiger partial charge on any atom is 0.416 e. The van der Waals surface area contributed by atoms with Crippen molar-refractivity contribution in [2.24, 2.45) is 0 Å². The van der Waals surface area contributed by atoms with Crippen LogP contribution >= 0.6 is 0 Å². The van der Waals surface area contributed by atoms with Crippen LogP contribution < -0.4 is 0 Å². The van der Waals surface area contributed by atoms with Gasteiger partial charge in [-0.25, -0.2) is 4.79 Å². The number of alkyl halides is 3. The van der Waals surface area contributed by atoms with Gasteiger partial charge in [0.05, 0.1) is 29.8 Å². The normalized spacial score (nSPS) is 11.6. The zero-order valence-electron chi connectivity index (χ0n) is 16.6. The zero-order valence-corrected chi connectivity index (χ0v) is 16.6. The molecule has 2 aromatic heterocycles. The molecule has 0 spiro atoms. The van der Waals surface area contributed by atoms with Crippen LogP contribution in [0.2, 0.25) is 0 Å². The highest BCUT2D eigenvalue weighted by atomic mass is 19.4. The Morgan fingerprint density at radius 1 is 1.10 bits per heavy atom. The minimum atomic E-state index is -4.39. The number of carbonyl (C=O) groups is 1. The Hall–Kier alpha value is -3.68. The quantitative estimate of drug-likeness (QED) is 0.405. The van der Waals surface area contributed by atoms with E-state index in [1.54, 1.807) is 36.1 Å². The van der Waals surface area contributed by atoms with Gasteiger partial charge in [-0.2, -0.15) is 18.3 Å². The van der Waals surface area contributed by atoms with Gasteiger partial charge in [-0.15, -0.1) is 0 Å². The molecule has 0 aliphatic carbocycles. The number of pyridine rings is 1. The highest BCUT2D eigenvalue weighted by Gasteiger charge is 2.30. The Bertz CT molecular complexity index is 1250. The molecule has 0 amide bonds. The molecule has 4 rings (SSSR count). The Morgan fingerprint density at radius 2 is 1.90 bits per heavy atom. The molecule has 2 heterocycles. The molecule has 0 saturated carbocycles. The van der Waals surface area contributed by atoms with Crippen molar-refractivity contribution in [3.8, 4) is 11.1 Å². The lowest BCUT2D eigenvalue weighted by Crippen LogP contribution is -2.07. The maximum absolute atomic E-state index is 13.0. The summed E-state index contributed by atoms with van der Waals surface area (Å²) >= 11 is 0. The first-order valence-corrected chi connectivity index (χ1v) is 9.60. The van der Waals surface area contributed by atoms with Crippen molar-refractivity contribution < 1.29 is 22.7 Å². The van der Waals surface area contributed by atoms with Crippen molar-refractivity contribution in [2.45, 2.75) is 19.6 Å². The molecule has 0 aliphatic heterocycles. The summed E-state index contributed by atoms with van der Waals surface area (Å²) < 4.78 is 45.6. The van der Waals surface area contributed by atoms with E-state index in [2.05, 4.69) is 10.1 Å². The molecule has 0 radical (unpaired) electrons. The standard InChI is InChI=1S/C23H18F3N3O2/c1-2-31-22(30)17-10-16(11-27-12-17)19-7-4-8-21-20(19)14-29(28-21)13-15-5-3-6-18(9-15)23(24,25)26/h3-12,14H,2,13H2,1H3. The third kappa shape index (κ3) is 4.42. The van der Waals surface area contributed by atoms with E-state index in [0.29, 0.717) is 16.6 Å². The lowest BCUT2D eigenvalue weighted by molar-refractivity contribution is -0.137. The molecule has 4 aromatic rings. The number of esters is 1. The molecular weight excluding hydrogens is 407 g/mol. The molecule has 31 heavy (non-hydrogen) atoms. The van der Waals surface area contributed by atoms with E-state index in [9.17, 15) is 18.0 Å². The SMILES string of the molecule is CCOC(=O)c1cncc(-c2cccc3nn(Cc4cccc(C(F)(F)F)c4)cc23)c1. The summed E-state index contributed by atoms with van der Waals surface area (Å²) in [5.41, 5.74) is 2.36. The summed E-state index contributed by atoms with van der Waals surface area (Å²) in [5.74, 6) is -0.454. The van der Waals surface area contributed by atoms with Crippen LogP contribution in [0.1, 0.15) is 28.4 Å². The van der Waals surface area contributed by atoms with Crippen LogP contribution in [0.4, 0.5) is 13.2 Å². The molecule has 5 nitrogen and oxygen atoms in total. The fourth-order valence-corrected chi connectivity index (χ4v) is 3.37. The second-order valence-electron chi connectivity index (χ2n) is 6.95. The largest absolute Gasteiger partial charge is 0.462 e. The van der Waals surface area contributed by atoms with Gasteiger partial charge in [-0.1, -0.05) is 24.3 Å². The Labute approximate surface area is 176 Å². The van der Waals surface area contributed by atoms with Crippen molar-refractivity contribution in [1.29, 1.82) is 0 Å². The van der Waals surface area contributed by atoms with Gasteiger partial charge in [0.1, 0.15) is 0 Å². The van der Waals surface area contributed by atoms with Crippen LogP contribution in [0.5, 0.6) is 0 Å². The van der Waals surface area contributed by atoms with Gasteiger partial charge in [0.2, 0.25) is 0 Å². The van der Waals surface area contributed by atoms with Crippen molar-refractivity contribution in [3.63, 3.8) is 0 Å². The molecule has 0 saturated heterocycles. The first kappa shape index (κ1) is 20.6. The second kappa shape index (κ2) is 8.22. The Balaban J connectivity index is 1.69. The third-order valence-electron chi connectivity index (χ3n) is 4.76. The third-order valence-corrected chi connectivity index (χ3v) is 4.76. The average Bonchev–Trinajstić information content (AvgIpc) is 3.16. The van der Waals surface area contributed by atoms with Crippen LogP contribution in [-0.4, -0.2) is 27.3 Å². The first-order valence-electron chi connectivity index (χ1n) is 9.60. The fraction of sp³-hybridized carbons (Fsp3) is 0.174. The summed E-state index contributed by atoms with van der Waals surface area (Å²) in [6, 6.07) is 12.4. The molecular formula is C23H18F3N3O2. The second-order valence-corrected chi connectivity index (χ2v) is 6.95. The summed E-state index contributed by atoms with van der Waals surface area (Å²) in [6.45, 7) is 2.19. The van der Waals surface area contributed by atoms with E-state index in [0.717, 1.165) is 28.6 Å². The van der Waals surface area contributed by atoms with E-state index < -0.39 is 17.7 Å². The lowest BCUT2D eigenvalue weighted by Gasteiger charge is -2.08. The van der Waals surface area contributed by atoms with Crippen LogP contribution in [0.15, 0.2) is 67.1 Å². The molecule has 158 valence electrons. The van der Waals surface area contributed by atoms with E-state index in [-0.39, 0.29) is 13.2 Å². The summed E-state index contributed by atoms with van der Waals surface area (Å²) in [6.07, 6.45) is 0.469. The number of nitrogens with zero attached hydrogens (tertiary/aromatic N) is 3. The van der Waals surface area contributed by atoms with Gasteiger partial charge in [-0.3, -0.25) is 9.67 Å². The molecule has 0 bridgehead atoms. The smallest absolute Gasteiger partial charge is 0.416 e. The van der Waals surface area contributed by atoms with Gasteiger partial charge < -0.3 is 4.74 Å². The number of fused-ring (bicyclic) bond motifs is 1. The van der Waals surface area contributed by atoms with E-state index in [1.807, 2.05) is 18.2 Å². The molecule has 0 atom stereocenters. The number of rotatable bonds is 5. The summed E-state index contributed by atoms with van der Waals surface area (Å²) in [5, 5.41) is 5.30. The van der Waals surface area contributed by atoms with Gasteiger partial charge in [-0.05, 0) is 42.3 Å². The molecule has 0 unspecified atom stereocenters. The number of hydrogen-bond acceptors (Lipinski definition) is 4. The fourth-order valence-electron chi connectivity index (χ4n) is 3.37. The van der Waals surface area contributed by atoms with Crippen LogP contribution in [0.3, 0.4) is 0 Å². The molecule has 0 fully saturated rings. The van der Waals surface area contributed by atoms with Crippen LogP contribution in [0, 0.1) is 0 Å². The summed E-state index contributed by atoms with van der Waals surface area (Å²) in [4.78, 5) is 16.2. The number of carbonyl (C=O) groups excluding carboxylic acids is 1. The highest BCUT2D eigenvalue weighted by Crippen LogP contribution is 2.31. The molecule has 0 aliphatic rings. The van der Waals surface area contributed by atoms with Crippen molar-refractivity contribution in [2.75, 3.05) is 6.61 Å². The van der Waals surface area contributed by atoms with Gasteiger partial charge in [0.25, 0.3) is 0 Å². The van der Waals surface area contributed by atoms with Crippen LogP contribution in [0.25, 0.3) is 22.0 Å². The topological polar surface area (TPSA) is 57.0 Å². The van der Waals surface area contributed by atoms with E-state index >= 15 is 0 Å². The molecule has 8 heteroatoms. The number of ether oxygens (including phenoxy) is 1. The van der Waals surface area contributed by atoms with Crippen molar-refractivity contribution in [3.05, 3.63) is 83.8 Å². The Kier molecular flexibility index (Phi) is 5.46. The predicted molar refractivity (Wildman–Crippen MR) is 109 cm³/mol. The highest BCUT2D eigenvalue weighted by molar-refractivity contribution is 5.96. The minimum absolute atomic E-state index is 0.194. The Morgan fingerprint density at radius 3 is 2.68 bits per heavy atom. The predicted octanol–water partition coefficient (Wildman–Crippen LogP) is 5.34. The minimum Gasteiger partial charge on any atom is -0.462 e.